The van der Waals surface area contributed by atoms with Crippen molar-refractivity contribution in [3.05, 3.63) is 65.5 Å². The van der Waals surface area contributed by atoms with Crippen LogP contribution >= 0.6 is 0 Å². The summed E-state index contributed by atoms with van der Waals surface area (Å²) in [5.41, 5.74) is 1.30. The third-order valence-electron chi connectivity index (χ3n) is 6.04. The number of nitrogens with zero attached hydrogens (tertiary/aromatic N) is 1. The topological polar surface area (TPSA) is 78.5 Å². The molecule has 1 aliphatic carbocycles. The Morgan fingerprint density at radius 2 is 1.88 bits per heavy atom. The Kier molecular flexibility index (Phi) is 6.14. The van der Waals surface area contributed by atoms with E-state index in [0.29, 0.717) is 11.1 Å². The third kappa shape index (κ3) is 4.86. The maximum atomic E-state index is 14.1. The van der Waals surface area contributed by atoms with Gasteiger partial charge in [-0.2, -0.15) is 0 Å². The van der Waals surface area contributed by atoms with Crippen molar-refractivity contribution in [1.29, 1.82) is 0 Å². The van der Waals surface area contributed by atoms with Crippen LogP contribution in [-0.2, 0) is 14.4 Å². The van der Waals surface area contributed by atoms with Crippen molar-refractivity contribution in [2.45, 2.75) is 56.7 Å². The van der Waals surface area contributed by atoms with Gasteiger partial charge in [-0.25, -0.2) is 13.2 Å². The van der Waals surface area contributed by atoms with Crippen LogP contribution in [0.15, 0.2) is 48.5 Å². The molecule has 0 spiro atoms. The van der Waals surface area contributed by atoms with Gasteiger partial charge in [-0.1, -0.05) is 30.3 Å². The zero-order chi connectivity index (χ0) is 23.8. The largest absolute Gasteiger partial charge is 0.351 e. The molecule has 9 heteroatoms. The highest BCUT2D eigenvalue weighted by Crippen LogP contribution is 2.38. The highest BCUT2D eigenvalue weighted by molar-refractivity contribution is 6.05. The van der Waals surface area contributed by atoms with Crippen LogP contribution in [0.5, 0.6) is 0 Å². The summed E-state index contributed by atoms with van der Waals surface area (Å²) in [5, 5.41) is 5.22. The molecule has 1 unspecified atom stereocenters. The first-order chi connectivity index (χ1) is 15.6. The Morgan fingerprint density at radius 3 is 2.48 bits per heavy atom. The number of halogens is 3. The van der Waals surface area contributed by atoms with Crippen LogP contribution < -0.4 is 15.5 Å². The van der Waals surface area contributed by atoms with Gasteiger partial charge in [-0.05, 0) is 42.7 Å². The number of carbonyl (C=O) groups excluding carboxylic acids is 3. The number of nitrogens with one attached hydrogen (secondary N) is 2. The van der Waals surface area contributed by atoms with Gasteiger partial charge in [-0.15, -0.1) is 0 Å². The second kappa shape index (κ2) is 8.88. The van der Waals surface area contributed by atoms with Crippen LogP contribution in [0.4, 0.5) is 18.9 Å². The van der Waals surface area contributed by atoms with Crippen molar-refractivity contribution < 1.29 is 27.6 Å². The fraction of sp³-hybridized carbons (Fsp3) is 0.375. The molecule has 2 aromatic rings. The summed E-state index contributed by atoms with van der Waals surface area (Å²) in [7, 11) is 0. The zero-order valence-corrected chi connectivity index (χ0v) is 18.0. The molecule has 2 atom stereocenters. The molecule has 6 nitrogen and oxygen atoms in total. The minimum atomic E-state index is -2.83. The summed E-state index contributed by atoms with van der Waals surface area (Å²) in [6.07, 6.45) is -0.566. The number of alkyl halides is 2. The first-order valence-electron chi connectivity index (χ1n) is 10.8. The van der Waals surface area contributed by atoms with E-state index in [2.05, 4.69) is 10.6 Å². The molecule has 1 heterocycles. The van der Waals surface area contributed by atoms with Gasteiger partial charge in [0, 0.05) is 31.0 Å². The fourth-order valence-electron chi connectivity index (χ4n) is 4.33. The number of aryl methyl sites for hydroxylation is 1. The normalized spacial score (nSPS) is 20.5. The lowest BCUT2D eigenvalue weighted by Crippen LogP contribution is -2.55. The first kappa shape index (κ1) is 22.8. The number of anilines is 1. The van der Waals surface area contributed by atoms with Crippen molar-refractivity contribution >= 4 is 23.4 Å². The predicted molar refractivity (Wildman–Crippen MR) is 115 cm³/mol. The molecular weight excluding hydrogens is 435 g/mol. The summed E-state index contributed by atoms with van der Waals surface area (Å²) in [6, 6.07) is 9.30. The van der Waals surface area contributed by atoms with Crippen molar-refractivity contribution in [3.63, 3.8) is 0 Å². The molecule has 0 bridgehead atoms. The van der Waals surface area contributed by atoms with E-state index in [1.54, 1.807) is 31.2 Å². The Morgan fingerprint density at radius 1 is 1.15 bits per heavy atom. The lowest BCUT2D eigenvalue weighted by Gasteiger charge is -2.38. The van der Waals surface area contributed by atoms with Gasteiger partial charge in [0.15, 0.2) is 0 Å². The predicted octanol–water partition coefficient (Wildman–Crippen LogP) is 3.40. The number of amides is 3. The van der Waals surface area contributed by atoms with Crippen LogP contribution in [0, 0.1) is 12.7 Å². The van der Waals surface area contributed by atoms with E-state index in [4.69, 9.17) is 0 Å². The number of carbonyl (C=O) groups is 3. The van der Waals surface area contributed by atoms with E-state index in [1.807, 2.05) is 0 Å². The Labute approximate surface area is 189 Å². The van der Waals surface area contributed by atoms with E-state index in [9.17, 15) is 27.6 Å². The molecule has 2 N–H and O–H groups in total. The van der Waals surface area contributed by atoms with Gasteiger partial charge in [-0.3, -0.25) is 19.3 Å². The van der Waals surface area contributed by atoms with Crippen molar-refractivity contribution in [2.75, 3.05) is 4.90 Å². The van der Waals surface area contributed by atoms with Gasteiger partial charge in [0.05, 0.1) is 0 Å². The molecule has 174 valence electrons. The maximum Gasteiger partial charge on any atom is 0.252 e. The highest BCUT2D eigenvalue weighted by atomic mass is 19.3. The van der Waals surface area contributed by atoms with Gasteiger partial charge < -0.3 is 10.6 Å². The average Bonchev–Trinajstić information content (AvgIpc) is 3.17. The number of hydrogen-bond donors (Lipinski definition) is 2. The van der Waals surface area contributed by atoms with Gasteiger partial charge in [0.25, 0.3) is 11.8 Å². The molecule has 2 aromatic carbocycles. The zero-order valence-electron chi connectivity index (χ0n) is 18.0. The van der Waals surface area contributed by atoms with E-state index < -0.39 is 54.5 Å². The molecule has 4 rings (SSSR count). The summed E-state index contributed by atoms with van der Waals surface area (Å²) in [4.78, 5) is 40.0. The second-order valence-electron chi connectivity index (χ2n) is 8.58. The molecular formula is C24H24F3N3O3. The van der Waals surface area contributed by atoms with Crippen LogP contribution in [-0.4, -0.2) is 35.7 Å². The number of hydrogen-bond acceptors (Lipinski definition) is 3. The summed E-state index contributed by atoms with van der Waals surface area (Å²) >= 11 is 0. The summed E-state index contributed by atoms with van der Waals surface area (Å²) in [5.74, 6) is -4.95. The minimum absolute atomic E-state index is 0.128. The van der Waals surface area contributed by atoms with Gasteiger partial charge >= 0.3 is 0 Å². The molecule has 1 saturated carbocycles. The smallest absolute Gasteiger partial charge is 0.252 e. The first-order valence-corrected chi connectivity index (χ1v) is 10.8. The quantitative estimate of drug-likeness (QED) is 0.695. The fourth-order valence-corrected chi connectivity index (χ4v) is 4.33. The minimum Gasteiger partial charge on any atom is -0.351 e. The van der Waals surface area contributed by atoms with E-state index >= 15 is 0 Å². The SMILES string of the molecule is Cc1ccccc1C(C(=O)NC1CC(F)(F)C1)N(C(=O)[C@@H]1CCC(=O)N1)c1cccc(F)c1. The van der Waals surface area contributed by atoms with Crippen LogP contribution in [0.1, 0.15) is 42.9 Å². The summed E-state index contributed by atoms with van der Waals surface area (Å²) in [6.45, 7) is 1.76. The van der Waals surface area contributed by atoms with Gasteiger partial charge in [0.1, 0.15) is 17.9 Å². The van der Waals surface area contributed by atoms with Crippen molar-refractivity contribution in [2.24, 2.45) is 0 Å². The van der Waals surface area contributed by atoms with Crippen LogP contribution in [0.2, 0.25) is 0 Å². The van der Waals surface area contributed by atoms with E-state index in [0.717, 1.165) is 11.0 Å². The standard InChI is InChI=1S/C24H24F3N3O3/c1-14-5-2-3-8-18(14)21(22(32)28-16-12-24(26,27)13-16)30(17-7-4-6-15(25)11-17)23(33)19-9-10-20(31)29-19/h2-8,11,16,19,21H,9-10,12-13H2,1H3,(H,28,32)(H,29,31)/t19-,21?/m0/s1. The Balaban J connectivity index is 1.77. The second-order valence-corrected chi connectivity index (χ2v) is 8.58. The highest BCUT2D eigenvalue weighted by Gasteiger charge is 2.47. The molecule has 0 aromatic heterocycles. The molecule has 1 aliphatic heterocycles. The summed E-state index contributed by atoms with van der Waals surface area (Å²) < 4.78 is 40.9. The third-order valence-corrected chi connectivity index (χ3v) is 6.04. The molecule has 33 heavy (non-hydrogen) atoms. The monoisotopic (exact) mass is 459 g/mol. The van der Waals surface area contributed by atoms with Crippen LogP contribution in [0.3, 0.4) is 0 Å². The maximum absolute atomic E-state index is 14.1. The van der Waals surface area contributed by atoms with Crippen molar-refractivity contribution in [1.82, 2.24) is 10.6 Å². The Bertz CT molecular complexity index is 1080. The molecule has 1 saturated heterocycles. The molecule has 0 radical (unpaired) electrons. The lowest BCUT2D eigenvalue weighted by atomic mass is 9.87. The molecule has 2 aliphatic rings. The van der Waals surface area contributed by atoms with Gasteiger partial charge in [0.2, 0.25) is 11.8 Å². The molecule has 3 amide bonds. The van der Waals surface area contributed by atoms with E-state index in [1.165, 1.54) is 18.2 Å². The number of rotatable bonds is 6. The van der Waals surface area contributed by atoms with Crippen molar-refractivity contribution in [3.8, 4) is 0 Å². The van der Waals surface area contributed by atoms with Crippen LogP contribution in [0.25, 0.3) is 0 Å². The number of benzene rings is 2. The lowest BCUT2D eigenvalue weighted by molar-refractivity contribution is -0.133. The Hall–Kier alpha value is -3.36. The molecule has 2 fully saturated rings. The average molecular weight is 459 g/mol. The van der Waals surface area contributed by atoms with E-state index in [-0.39, 0.29) is 24.4 Å².